The predicted molar refractivity (Wildman–Crippen MR) is 78.7 cm³/mol. The van der Waals surface area contributed by atoms with E-state index in [2.05, 4.69) is 10.3 Å². The van der Waals surface area contributed by atoms with Gasteiger partial charge in [-0.25, -0.2) is 0 Å². The molecule has 116 valence electrons. The van der Waals surface area contributed by atoms with Crippen LogP contribution in [0.4, 0.5) is 0 Å². The Morgan fingerprint density at radius 3 is 3.19 bits per heavy atom. The van der Waals surface area contributed by atoms with Crippen molar-refractivity contribution in [2.75, 3.05) is 33.9 Å². The van der Waals surface area contributed by atoms with E-state index in [0.717, 1.165) is 12.0 Å². The number of likely N-dealkylation sites (N-methyl/N-ethyl adjacent to an activating group) is 1. The summed E-state index contributed by atoms with van der Waals surface area (Å²) in [4.78, 5) is 18.1. The lowest BCUT2D eigenvalue weighted by Gasteiger charge is -2.31. The number of rotatable bonds is 6. The first-order valence-electron chi connectivity index (χ1n) is 7.16. The van der Waals surface area contributed by atoms with Gasteiger partial charge in [0, 0.05) is 32.7 Å². The third kappa shape index (κ3) is 5.08. The molecule has 1 saturated heterocycles. The third-order valence-electron chi connectivity index (χ3n) is 3.54. The molecule has 1 aromatic rings. The summed E-state index contributed by atoms with van der Waals surface area (Å²) in [5.74, 6) is 0.00957. The molecule has 0 radical (unpaired) electrons. The first kappa shape index (κ1) is 15.9. The van der Waals surface area contributed by atoms with E-state index in [0.29, 0.717) is 26.3 Å². The standard InChI is InChI=1S/C15H23N3O3/c1-18(9-12-4-3-6-16-8-12)10-15(19)17-13-5-7-21-11-14(13)20-2/h3-4,6,8,13-14H,5,7,9-11H2,1-2H3,(H,17,19). The Labute approximate surface area is 125 Å². The van der Waals surface area contributed by atoms with Crippen LogP contribution in [0.15, 0.2) is 24.5 Å². The van der Waals surface area contributed by atoms with Gasteiger partial charge in [0.05, 0.1) is 19.2 Å². The summed E-state index contributed by atoms with van der Waals surface area (Å²) in [5, 5.41) is 3.04. The van der Waals surface area contributed by atoms with Crippen LogP contribution in [0.3, 0.4) is 0 Å². The Morgan fingerprint density at radius 1 is 1.62 bits per heavy atom. The van der Waals surface area contributed by atoms with Crippen LogP contribution in [-0.2, 0) is 20.8 Å². The second-order valence-corrected chi connectivity index (χ2v) is 5.35. The Hall–Kier alpha value is -1.50. The number of amides is 1. The van der Waals surface area contributed by atoms with Gasteiger partial charge in [-0.05, 0) is 25.1 Å². The summed E-state index contributed by atoms with van der Waals surface area (Å²) in [7, 11) is 3.57. The number of hydrogen-bond acceptors (Lipinski definition) is 5. The molecular weight excluding hydrogens is 270 g/mol. The molecule has 2 unspecified atom stereocenters. The fourth-order valence-corrected chi connectivity index (χ4v) is 2.47. The molecule has 1 fully saturated rings. The highest BCUT2D eigenvalue weighted by molar-refractivity contribution is 5.78. The van der Waals surface area contributed by atoms with Crippen LogP contribution in [0.25, 0.3) is 0 Å². The van der Waals surface area contributed by atoms with Gasteiger partial charge in [-0.2, -0.15) is 0 Å². The van der Waals surface area contributed by atoms with Crippen molar-refractivity contribution in [1.82, 2.24) is 15.2 Å². The van der Waals surface area contributed by atoms with Crippen LogP contribution >= 0.6 is 0 Å². The van der Waals surface area contributed by atoms with Crippen LogP contribution < -0.4 is 5.32 Å². The average molecular weight is 293 g/mol. The zero-order valence-corrected chi connectivity index (χ0v) is 12.6. The Kier molecular flexibility index (Phi) is 6.10. The summed E-state index contributed by atoms with van der Waals surface area (Å²) in [6.45, 7) is 2.24. The van der Waals surface area contributed by atoms with Crippen molar-refractivity contribution in [3.8, 4) is 0 Å². The van der Waals surface area contributed by atoms with Crippen molar-refractivity contribution >= 4 is 5.91 Å². The molecule has 0 aromatic carbocycles. The second kappa shape index (κ2) is 8.07. The van der Waals surface area contributed by atoms with Gasteiger partial charge in [-0.3, -0.25) is 14.7 Å². The van der Waals surface area contributed by atoms with E-state index in [4.69, 9.17) is 9.47 Å². The van der Waals surface area contributed by atoms with Crippen molar-refractivity contribution in [3.05, 3.63) is 30.1 Å². The summed E-state index contributed by atoms with van der Waals surface area (Å²) in [5.41, 5.74) is 1.09. The highest BCUT2D eigenvalue weighted by Gasteiger charge is 2.27. The van der Waals surface area contributed by atoms with Gasteiger partial charge in [0.1, 0.15) is 6.10 Å². The fourth-order valence-electron chi connectivity index (χ4n) is 2.47. The quantitative estimate of drug-likeness (QED) is 0.824. The monoisotopic (exact) mass is 293 g/mol. The van der Waals surface area contributed by atoms with E-state index in [1.165, 1.54) is 0 Å². The van der Waals surface area contributed by atoms with Gasteiger partial charge in [0.15, 0.2) is 0 Å². The minimum absolute atomic E-state index is 0.00957. The minimum Gasteiger partial charge on any atom is -0.379 e. The SMILES string of the molecule is COC1COCCC1NC(=O)CN(C)Cc1cccnc1. The Bertz CT molecular complexity index is 441. The summed E-state index contributed by atoms with van der Waals surface area (Å²) >= 11 is 0. The fraction of sp³-hybridized carbons (Fsp3) is 0.600. The number of methoxy groups -OCH3 is 1. The number of aromatic nitrogens is 1. The maximum absolute atomic E-state index is 12.1. The molecule has 6 heteroatoms. The molecule has 1 aliphatic heterocycles. The maximum Gasteiger partial charge on any atom is 0.234 e. The molecule has 1 aromatic heterocycles. The Balaban J connectivity index is 1.78. The van der Waals surface area contributed by atoms with Gasteiger partial charge >= 0.3 is 0 Å². The van der Waals surface area contributed by atoms with E-state index in [-0.39, 0.29) is 18.1 Å². The highest BCUT2D eigenvalue weighted by Crippen LogP contribution is 2.10. The molecule has 2 atom stereocenters. The zero-order chi connectivity index (χ0) is 15.1. The molecule has 0 bridgehead atoms. The average Bonchev–Trinajstić information content (AvgIpc) is 2.48. The predicted octanol–water partition coefficient (Wildman–Crippen LogP) is 0.434. The van der Waals surface area contributed by atoms with Gasteiger partial charge in [-0.15, -0.1) is 0 Å². The largest absolute Gasteiger partial charge is 0.379 e. The van der Waals surface area contributed by atoms with E-state index in [9.17, 15) is 4.79 Å². The number of nitrogens with zero attached hydrogens (tertiary/aromatic N) is 2. The zero-order valence-electron chi connectivity index (χ0n) is 12.6. The molecule has 1 amide bonds. The smallest absolute Gasteiger partial charge is 0.234 e. The van der Waals surface area contributed by atoms with Crippen LogP contribution in [0.2, 0.25) is 0 Å². The summed E-state index contributed by atoms with van der Waals surface area (Å²) < 4.78 is 10.7. The van der Waals surface area contributed by atoms with Gasteiger partial charge in [-0.1, -0.05) is 6.07 Å². The molecule has 2 heterocycles. The normalized spacial score (nSPS) is 22.2. The maximum atomic E-state index is 12.1. The molecule has 0 saturated carbocycles. The van der Waals surface area contributed by atoms with E-state index in [1.54, 1.807) is 13.3 Å². The van der Waals surface area contributed by atoms with Crippen molar-refractivity contribution in [2.45, 2.75) is 25.1 Å². The van der Waals surface area contributed by atoms with E-state index >= 15 is 0 Å². The highest BCUT2D eigenvalue weighted by atomic mass is 16.5. The second-order valence-electron chi connectivity index (χ2n) is 5.35. The number of pyridine rings is 1. The Morgan fingerprint density at radius 2 is 2.48 bits per heavy atom. The van der Waals surface area contributed by atoms with Crippen molar-refractivity contribution < 1.29 is 14.3 Å². The number of carbonyl (C=O) groups excluding carboxylic acids is 1. The number of hydrogen-bond donors (Lipinski definition) is 1. The first-order valence-corrected chi connectivity index (χ1v) is 7.16. The van der Waals surface area contributed by atoms with Crippen molar-refractivity contribution in [3.63, 3.8) is 0 Å². The molecule has 6 nitrogen and oxygen atoms in total. The van der Waals surface area contributed by atoms with Crippen LogP contribution in [-0.4, -0.2) is 61.9 Å². The molecular formula is C15H23N3O3. The van der Waals surface area contributed by atoms with Gasteiger partial charge in [0.25, 0.3) is 0 Å². The number of ether oxygens (including phenoxy) is 2. The molecule has 2 rings (SSSR count). The number of carbonyl (C=O) groups is 1. The van der Waals surface area contributed by atoms with Gasteiger partial charge < -0.3 is 14.8 Å². The number of nitrogens with one attached hydrogen (secondary N) is 1. The first-order chi connectivity index (χ1) is 10.2. The lowest BCUT2D eigenvalue weighted by atomic mass is 10.1. The lowest BCUT2D eigenvalue weighted by molar-refractivity contribution is -0.126. The molecule has 21 heavy (non-hydrogen) atoms. The van der Waals surface area contributed by atoms with E-state index in [1.807, 2.05) is 30.3 Å². The van der Waals surface area contributed by atoms with Crippen LogP contribution in [0.5, 0.6) is 0 Å². The van der Waals surface area contributed by atoms with Gasteiger partial charge in [0.2, 0.25) is 5.91 Å². The summed E-state index contributed by atoms with van der Waals surface area (Å²) in [6.07, 6.45) is 4.28. The van der Waals surface area contributed by atoms with Crippen molar-refractivity contribution in [2.24, 2.45) is 0 Å². The van der Waals surface area contributed by atoms with Crippen molar-refractivity contribution in [1.29, 1.82) is 0 Å². The molecule has 0 aliphatic carbocycles. The summed E-state index contributed by atoms with van der Waals surface area (Å²) in [6, 6.07) is 3.93. The third-order valence-corrected chi connectivity index (χ3v) is 3.54. The molecule has 1 aliphatic rings. The van der Waals surface area contributed by atoms with Crippen LogP contribution in [0.1, 0.15) is 12.0 Å². The van der Waals surface area contributed by atoms with Crippen LogP contribution in [0, 0.1) is 0 Å². The lowest BCUT2D eigenvalue weighted by Crippen LogP contribution is -2.51. The van der Waals surface area contributed by atoms with E-state index < -0.39 is 0 Å². The topological polar surface area (TPSA) is 63.7 Å². The molecule has 1 N–H and O–H groups in total. The molecule has 0 spiro atoms. The minimum atomic E-state index is -0.0636.